The van der Waals surface area contributed by atoms with E-state index in [0.29, 0.717) is 13.1 Å². The van der Waals surface area contributed by atoms with Crippen LogP contribution in [0.3, 0.4) is 0 Å². The standard InChI is InChI=1S/C19H21FN2O/c1-14(23)11-21-12-16-3-2-4-19-18(16)9-10-22(19)13-15-5-7-17(20)8-6-15/h2-10,14,21,23H,11-13H2,1H3. The summed E-state index contributed by atoms with van der Waals surface area (Å²) < 4.78 is 15.2. The summed E-state index contributed by atoms with van der Waals surface area (Å²) in [5, 5.41) is 13.8. The van der Waals surface area contributed by atoms with Crippen molar-refractivity contribution in [3.05, 3.63) is 71.7 Å². The van der Waals surface area contributed by atoms with E-state index in [2.05, 4.69) is 34.3 Å². The first-order chi connectivity index (χ1) is 11.1. The highest BCUT2D eigenvalue weighted by molar-refractivity contribution is 5.83. The minimum absolute atomic E-state index is 0.211. The highest BCUT2D eigenvalue weighted by Crippen LogP contribution is 2.21. The fourth-order valence-electron chi connectivity index (χ4n) is 2.78. The minimum atomic E-state index is -0.350. The van der Waals surface area contributed by atoms with E-state index in [0.717, 1.165) is 17.6 Å². The third-order valence-corrected chi connectivity index (χ3v) is 3.93. The molecule has 2 aromatic carbocycles. The lowest BCUT2D eigenvalue weighted by molar-refractivity contribution is 0.191. The molecule has 0 fully saturated rings. The maximum atomic E-state index is 13.0. The smallest absolute Gasteiger partial charge is 0.123 e. The molecule has 3 aromatic rings. The molecule has 1 atom stereocenters. The molecule has 3 rings (SSSR count). The fourth-order valence-corrected chi connectivity index (χ4v) is 2.78. The minimum Gasteiger partial charge on any atom is -0.392 e. The van der Waals surface area contributed by atoms with E-state index in [-0.39, 0.29) is 11.9 Å². The SMILES string of the molecule is CC(O)CNCc1cccc2c1ccn2Cc1ccc(F)cc1. The summed E-state index contributed by atoms with van der Waals surface area (Å²) in [5.41, 5.74) is 3.44. The van der Waals surface area contributed by atoms with Gasteiger partial charge in [0.15, 0.2) is 0 Å². The molecule has 0 spiro atoms. The third-order valence-electron chi connectivity index (χ3n) is 3.93. The number of aliphatic hydroxyl groups is 1. The Balaban J connectivity index is 1.81. The van der Waals surface area contributed by atoms with Crippen LogP contribution in [0, 0.1) is 5.82 Å². The number of rotatable bonds is 6. The van der Waals surface area contributed by atoms with E-state index >= 15 is 0 Å². The van der Waals surface area contributed by atoms with Crippen molar-refractivity contribution in [2.45, 2.75) is 26.1 Å². The summed E-state index contributed by atoms with van der Waals surface area (Å²) in [6, 6.07) is 15.0. The van der Waals surface area contributed by atoms with Crippen molar-refractivity contribution >= 4 is 10.9 Å². The summed E-state index contributed by atoms with van der Waals surface area (Å²) in [4.78, 5) is 0. The summed E-state index contributed by atoms with van der Waals surface area (Å²) in [7, 11) is 0. The van der Waals surface area contributed by atoms with Gasteiger partial charge < -0.3 is 15.0 Å². The Bertz CT molecular complexity index is 778. The molecule has 4 heteroatoms. The van der Waals surface area contributed by atoms with Gasteiger partial charge in [0.25, 0.3) is 0 Å². The predicted octanol–water partition coefficient (Wildman–Crippen LogP) is 3.30. The molecule has 0 saturated carbocycles. The lowest BCUT2D eigenvalue weighted by atomic mass is 10.1. The molecule has 0 radical (unpaired) electrons. The van der Waals surface area contributed by atoms with Crippen LogP contribution < -0.4 is 5.32 Å². The first-order valence-electron chi connectivity index (χ1n) is 7.83. The van der Waals surface area contributed by atoms with Crippen LogP contribution in [0.1, 0.15) is 18.1 Å². The fraction of sp³-hybridized carbons (Fsp3) is 0.263. The normalized spacial score (nSPS) is 12.7. The van der Waals surface area contributed by atoms with Crippen LogP contribution in [0.15, 0.2) is 54.7 Å². The number of hydrogen-bond donors (Lipinski definition) is 2. The van der Waals surface area contributed by atoms with Crippen molar-refractivity contribution in [3.8, 4) is 0 Å². The zero-order chi connectivity index (χ0) is 16.2. The summed E-state index contributed by atoms with van der Waals surface area (Å²) in [5.74, 6) is -0.211. The van der Waals surface area contributed by atoms with Gasteiger partial charge in [-0.1, -0.05) is 24.3 Å². The molecular weight excluding hydrogens is 291 g/mol. The van der Waals surface area contributed by atoms with Crippen LogP contribution in [0.5, 0.6) is 0 Å². The number of fused-ring (bicyclic) bond motifs is 1. The van der Waals surface area contributed by atoms with Gasteiger partial charge in [-0.05, 0) is 42.3 Å². The van der Waals surface area contributed by atoms with E-state index in [1.165, 1.54) is 23.1 Å². The second-order valence-corrected chi connectivity index (χ2v) is 5.90. The highest BCUT2D eigenvalue weighted by Gasteiger charge is 2.06. The van der Waals surface area contributed by atoms with Crippen molar-refractivity contribution in [2.75, 3.05) is 6.54 Å². The van der Waals surface area contributed by atoms with Gasteiger partial charge in [0, 0.05) is 36.7 Å². The van der Waals surface area contributed by atoms with E-state index < -0.39 is 0 Å². The second-order valence-electron chi connectivity index (χ2n) is 5.90. The number of nitrogens with zero attached hydrogens (tertiary/aromatic N) is 1. The Kier molecular flexibility index (Phi) is 4.74. The molecule has 0 amide bonds. The number of aromatic nitrogens is 1. The third kappa shape index (κ3) is 3.78. The number of aliphatic hydroxyl groups excluding tert-OH is 1. The lowest BCUT2D eigenvalue weighted by Gasteiger charge is -2.09. The molecule has 3 nitrogen and oxygen atoms in total. The summed E-state index contributed by atoms with van der Waals surface area (Å²) >= 11 is 0. The Labute approximate surface area is 135 Å². The van der Waals surface area contributed by atoms with Crippen molar-refractivity contribution in [3.63, 3.8) is 0 Å². The van der Waals surface area contributed by atoms with Crippen molar-refractivity contribution in [1.29, 1.82) is 0 Å². The molecule has 23 heavy (non-hydrogen) atoms. The van der Waals surface area contributed by atoms with E-state index in [1.807, 2.05) is 18.2 Å². The Hall–Kier alpha value is -2.17. The Morgan fingerprint density at radius 1 is 1.13 bits per heavy atom. The number of halogens is 1. The Morgan fingerprint density at radius 2 is 1.91 bits per heavy atom. The molecule has 0 aliphatic heterocycles. The van der Waals surface area contributed by atoms with Crippen LogP contribution in [-0.4, -0.2) is 22.3 Å². The Morgan fingerprint density at radius 3 is 2.65 bits per heavy atom. The largest absolute Gasteiger partial charge is 0.392 e. The maximum Gasteiger partial charge on any atom is 0.123 e. The molecule has 2 N–H and O–H groups in total. The molecule has 0 bridgehead atoms. The van der Waals surface area contributed by atoms with E-state index in [1.54, 1.807) is 6.92 Å². The maximum absolute atomic E-state index is 13.0. The summed E-state index contributed by atoms with van der Waals surface area (Å²) in [6.45, 7) is 3.79. The summed E-state index contributed by atoms with van der Waals surface area (Å²) in [6.07, 6.45) is 1.71. The molecule has 0 aliphatic carbocycles. The second kappa shape index (κ2) is 6.94. The van der Waals surface area contributed by atoms with Gasteiger partial charge in [-0.3, -0.25) is 0 Å². The molecule has 0 aliphatic rings. The van der Waals surface area contributed by atoms with Gasteiger partial charge in [-0.2, -0.15) is 0 Å². The van der Waals surface area contributed by atoms with Gasteiger partial charge in [0.1, 0.15) is 5.82 Å². The van der Waals surface area contributed by atoms with Crippen LogP contribution >= 0.6 is 0 Å². The van der Waals surface area contributed by atoms with Crippen LogP contribution in [0.2, 0.25) is 0 Å². The molecule has 1 unspecified atom stereocenters. The molecular formula is C19H21FN2O. The first-order valence-corrected chi connectivity index (χ1v) is 7.83. The van der Waals surface area contributed by atoms with Gasteiger partial charge in [-0.25, -0.2) is 4.39 Å². The topological polar surface area (TPSA) is 37.2 Å². The van der Waals surface area contributed by atoms with Gasteiger partial charge >= 0.3 is 0 Å². The van der Waals surface area contributed by atoms with Crippen molar-refractivity contribution < 1.29 is 9.50 Å². The average Bonchev–Trinajstić information content (AvgIpc) is 2.93. The predicted molar refractivity (Wildman–Crippen MR) is 90.8 cm³/mol. The molecule has 0 saturated heterocycles. The zero-order valence-corrected chi connectivity index (χ0v) is 13.2. The highest BCUT2D eigenvalue weighted by atomic mass is 19.1. The van der Waals surface area contributed by atoms with Gasteiger partial charge in [0.2, 0.25) is 0 Å². The van der Waals surface area contributed by atoms with Crippen molar-refractivity contribution in [1.82, 2.24) is 9.88 Å². The lowest BCUT2D eigenvalue weighted by Crippen LogP contribution is -2.23. The molecule has 120 valence electrons. The molecule has 1 aromatic heterocycles. The quantitative estimate of drug-likeness (QED) is 0.733. The zero-order valence-electron chi connectivity index (χ0n) is 13.2. The number of nitrogens with one attached hydrogen (secondary N) is 1. The first kappa shape index (κ1) is 15.7. The van der Waals surface area contributed by atoms with Crippen molar-refractivity contribution in [2.24, 2.45) is 0 Å². The van der Waals surface area contributed by atoms with Crippen LogP contribution in [0.4, 0.5) is 4.39 Å². The van der Waals surface area contributed by atoms with Gasteiger partial charge in [0.05, 0.1) is 6.10 Å². The van der Waals surface area contributed by atoms with Crippen LogP contribution in [-0.2, 0) is 13.1 Å². The number of benzene rings is 2. The van der Waals surface area contributed by atoms with Gasteiger partial charge in [-0.15, -0.1) is 0 Å². The molecule has 1 heterocycles. The number of hydrogen-bond acceptors (Lipinski definition) is 2. The average molecular weight is 312 g/mol. The monoisotopic (exact) mass is 312 g/mol. The van der Waals surface area contributed by atoms with E-state index in [4.69, 9.17) is 0 Å². The van der Waals surface area contributed by atoms with Crippen LogP contribution in [0.25, 0.3) is 10.9 Å². The van der Waals surface area contributed by atoms with E-state index in [9.17, 15) is 9.50 Å².